The van der Waals surface area contributed by atoms with Gasteiger partial charge in [0.15, 0.2) is 11.6 Å². The highest BCUT2D eigenvalue weighted by Gasteiger charge is 2.19. The van der Waals surface area contributed by atoms with E-state index in [1.54, 1.807) is 7.11 Å². The molecule has 25 heavy (non-hydrogen) atoms. The number of benzene rings is 2. The number of amides is 1. The first kappa shape index (κ1) is 19.1. The Morgan fingerprint density at radius 2 is 1.80 bits per heavy atom. The predicted octanol–water partition coefficient (Wildman–Crippen LogP) is 3.66. The molecule has 0 bridgehead atoms. The third kappa shape index (κ3) is 4.67. The summed E-state index contributed by atoms with van der Waals surface area (Å²) in [5, 5.41) is 2.57. The zero-order valence-corrected chi connectivity index (χ0v) is 14.9. The van der Waals surface area contributed by atoms with E-state index in [1.165, 1.54) is 0 Å². The number of likely N-dealkylation sites (N-methyl/N-ethyl adjacent to an activating group) is 1. The highest BCUT2D eigenvalue weighted by Crippen LogP contribution is 2.22. The first-order valence-electron chi connectivity index (χ1n) is 7.56. The molecular weight excluding hydrogens is 350 g/mol. The monoisotopic (exact) mass is 368 g/mol. The van der Waals surface area contributed by atoms with Gasteiger partial charge in [0.2, 0.25) is 0 Å². The topological polar surface area (TPSA) is 41.6 Å². The van der Waals surface area contributed by atoms with Crippen molar-refractivity contribution < 1.29 is 18.3 Å². The van der Waals surface area contributed by atoms with E-state index in [0.29, 0.717) is 0 Å². The lowest BCUT2D eigenvalue weighted by Crippen LogP contribution is -2.34. The molecule has 0 saturated carbocycles. The van der Waals surface area contributed by atoms with Crippen LogP contribution in [-0.2, 0) is 0 Å². The molecule has 1 atom stereocenters. The quantitative estimate of drug-likeness (QED) is 0.791. The summed E-state index contributed by atoms with van der Waals surface area (Å²) in [6.45, 7) is 0.271. The van der Waals surface area contributed by atoms with Gasteiger partial charge >= 0.3 is 0 Å². The van der Waals surface area contributed by atoms with Gasteiger partial charge < -0.3 is 15.0 Å². The maximum atomic E-state index is 13.3. The summed E-state index contributed by atoms with van der Waals surface area (Å²) >= 11 is 5.83. The fourth-order valence-electron chi connectivity index (χ4n) is 2.41. The molecule has 0 saturated heterocycles. The van der Waals surface area contributed by atoms with Crippen LogP contribution in [0.25, 0.3) is 0 Å². The Morgan fingerprint density at radius 3 is 2.36 bits per heavy atom. The van der Waals surface area contributed by atoms with E-state index in [9.17, 15) is 13.6 Å². The largest absolute Gasteiger partial charge is 0.497 e. The van der Waals surface area contributed by atoms with Crippen LogP contribution >= 0.6 is 11.6 Å². The number of ether oxygens (including phenoxy) is 1. The predicted molar refractivity (Wildman–Crippen MR) is 93.1 cm³/mol. The molecule has 2 aromatic carbocycles. The molecule has 2 aromatic rings. The van der Waals surface area contributed by atoms with E-state index in [0.717, 1.165) is 23.4 Å². The summed E-state index contributed by atoms with van der Waals surface area (Å²) in [6.07, 6.45) is 0. The molecule has 0 unspecified atom stereocenters. The second-order valence-corrected chi connectivity index (χ2v) is 6.12. The Balaban J connectivity index is 2.13. The molecule has 0 aliphatic carbocycles. The van der Waals surface area contributed by atoms with Crippen molar-refractivity contribution in [1.29, 1.82) is 0 Å². The Bertz CT molecular complexity index is 751. The smallest absolute Gasteiger partial charge is 0.252 e. The molecule has 4 nitrogen and oxygen atoms in total. The van der Waals surface area contributed by atoms with E-state index in [-0.39, 0.29) is 23.2 Å². The molecule has 0 aliphatic heterocycles. The number of nitrogens with zero attached hydrogens (tertiary/aromatic N) is 1. The van der Waals surface area contributed by atoms with Crippen molar-refractivity contribution in [1.82, 2.24) is 10.2 Å². The van der Waals surface area contributed by atoms with Crippen LogP contribution in [-0.4, -0.2) is 38.6 Å². The lowest BCUT2D eigenvalue weighted by molar-refractivity contribution is 0.0941. The van der Waals surface area contributed by atoms with Gasteiger partial charge in [-0.15, -0.1) is 0 Å². The Labute approximate surface area is 150 Å². The zero-order chi connectivity index (χ0) is 18.6. The van der Waals surface area contributed by atoms with Gasteiger partial charge in [-0.25, -0.2) is 8.78 Å². The molecule has 7 heteroatoms. The number of carbonyl (C=O) groups is 1. The molecule has 0 aliphatic rings. The van der Waals surface area contributed by atoms with Crippen molar-refractivity contribution >= 4 is 17.5 Å². The van der Waals surface area contributed by atoms with Crippen LogP contribution in [0.3, 0.4) is 0 Å². The number of hydrogen-bond donors (Lipinski definition) is 1. The van der Waals surface area contributed by atoms with Crippen LogP contribution in [0.1, 0.15) is 22.0 Å². The molecule has 0 spiro atoms. The number of rotatable bonds is 6. The van der Waals surface area contributed by atoms with Crippen molar-refractivity contribution in [2.24, 2.45) is 0 Å². The maximum Gasteiger partial charge on any atom is 0.252 e. The number of nitrogens with one attached hydrogen (secondary N) is 1. The maximum absolute atomic E-state index is 13.3. The molecule has 0 heterocycles. The van der Waals surface area contributed by atoms with Crippen LogP contribution in [0.2, 0.25) is 5.02 Å². The van der Waals surface area contributed by atoms with Gasteiger partial charge in [0.1, 0.15) is 5.75 Å². The normalized spacial score (nSPS) is 12.1. The first-order chi connectivity index (χ1) is 11.8. The van der Waals surface area contributed by atoms with E-state index >= 15 is 0 Å². The van der Waals surface area contributed by atoms with Crippen molar-refractivity contribution in [3.8, 4) is 5.75 Å². The van der Waals surface area contributed by atoms with Gasteiger partial charge in [0, 0.05) is 6.54 Å². The third-order valence-corrected chi connectivity index (χ3v) is 4.15. The Hall–Kier alpha value is -2.18. The van der Waals surface area contributed by atoms with E-state index < -0.39 is 17.5 Å². The van der Waals surface area contributed by atoms with Gasteiger partial charge in [-0.3, -0.25) is 4.79 Å². The molecule has 0 aromatic heterocycles. The lowest BCUT2D eigenvalue weighted by Gasteiger charge is -2.25. The van der Waals surface area contributed by atoms with Crippen LogP contribution in [0.15, 0.2) is 36.4 Å². The minimum atomic E-state index is -1.12. The van der Waals surface area contributed by atoms with Crippen LogP contribution in [0, 0.1) is 11.6 Å². The molecule has 0 fully saturated rings. The Morgan fingerprint density at radius 1 is 1.20 bits per heavy atom. The average molecular weight is 369 g/mol. The minimum absolute atomic E-state index is 0.104. The first-order valence-corrected chi connectivity index (χ1v) is 7.94. The fraction of sp³-hybridized carbons (Fsp3) is 0.278. The molecule has 0 radical (unpaired) electrons. The van der Waals surface area contributed by atoms with Crippen LogP contribution in [0.5, 0.6) is 5.75 Å². The SMILES string of the molecule is COc1ccc([C@H](CNC(=O)c2cc(F)c(F)cc2Cl)N(C)C)cc1. The summed E-state index contributed by atoms with van der Waals surface area (Å²) in [6, 6.07) is 8.95. The van der Waals surface area contributed by atoms with Gasteiger partial charge in [0.05, 0.1) is 23.7 Å². The van der Waals surface area contributed by atoms with Crippen LogP contribution < -0.4 is 10.1 Å². The second-order valence-electron chi connectivity index (χ2n) is 5.71. The minimum Gasteiger partial charge on any atom is -0.497 e. The van der Waals surface area contributed by atoms with Crippen molar-refractivity contribution in [2.75, 3.05) is 27.7 Å². The molecule has 1 amide bonds. The van der Waals surface area contributed by atoms with E-state index in [2.05, 4.69) is 5.32 Å². The van der Waals surface area contributed by atoms with Crippen LogP contribution in [0.4, 0.5) is 8.78 Å². The zero-order valence-electron chi connectivity index (χ0n) is 14.1. The molecule has 134 valence electrons. The standard InChI is InChI=1S/C18H19ClF2N2O2/c1-23(2)17(11-4-6-12(25-3)7-5-11)10-22-18(24)13-8-15(20)16(21)9-14(13)19/h4-9,17H,10H2,1-3H3,(H,22,24)/t17-/m0/s1. The molecule has 1 N–H and O–H groups in total. The third-order valence-electron chi connectivity index (χ3n) is 3.83. The summed E-state index contributed by atoms with van der Waals surface area (Å²) in [4.78, 5) is 14.2. The number of carbonyl (C=O) groups excluding carboxylic acids is 1. The lowest BCUT2D eigenvalue weighted by atomic mass is 10.1. The average Bonchev–Trinajstić information content (AvgIpc) is 2.58. The van der Waals surface area contributed by atoms with E-state index in [1.807, 2.05) is 43.3 Å². The van der Waals surface area contributed by atoms with Crippen molar-refractivity contribution in [3.63, 3.8) is 0 Å². The second kappa shape index (κ2) is 8.27. The molecule has 2 rings (SSSR count). The summed E-state index contributed by atoms with van der Waals surface area (Å²) in [5.74, 6) is -2.04. The summed E-state index contributed by atoms with van der Waals surface area (Å²) in [7, 11) is 5.35. The number of halogens is 3. The van der Waals surface area contributed by atoms with E-state index in [4.69, 9.17) is 16.3 Å². The van der Waals surface area contributed by atoms with Crippen molar-refractivity contribution in [3.05, 3.63) is 64.2 Å². The number of methoxy groups -OCH3 is 1. The van der Waals surface area contributed by atoms with Crippen molar-refractivity contribution in [2.45, 2.75) is 6.04 Å². The highest BCUT2D eigenvalue weighted by molar-refractivity contribution is 6.33. The van der Waals surface area contributed by atoms with Gasteiger partial charge in [-0.2, -0.15) is 0 Å². The summed E-state index contributed by atoms with van der Waals surface area (Å²) < 4.78 is 31.6. The molecular formula is C18H19ClF2N2O2. The Kier molecular flexibility index (Phi) is 6.33. The van der Waals surface area contributed by atoms with Gasteiger partial charge in [-0.1, -0.05) is 23.7 Å². The van der Waals surface area contributed by atoms with Gasteiger partial charge in [-0.05, 0) is 43.9 Å². The highest BCUT2D eigenvalue weighted by atomic mass is 35.5. The van der Waals surface area contributed by atoms with Gasteiger partial charge in [0.25, 0.3) is 5.91 Å². The number of hydrogen-bond acceptors (Lipinski definition) is 3. The fourth-order valence-corrected chi connectivity index (χ4v) is 2.64. The summed E-state index contributed by atoms with van der Waals surface area (Å²) in [5.41, 5.74) is 0.871.